The summed E-state index contributed by atoms with van der Waals surface area (Å²) in [4.78, 5) is 12.8. The van der Waals surface area contributed by atoms with Gasteiger partial charge in [-0.25, -0.2) is 0 Å². The maximum absolute atomic E-state index is 12.8. The van der Waals surface area contributed by atoms with Crippen molar-refractivity contribution in [2.45, 2.75) is 32.1 Å². The van der Waals surface area contributed by atoms with E-state index in [4.69, 9.17) is 4.74 Å². The van der Waals surface area contributed by atoms with Crippen LogP contribution in [0.25, 0.3) is 10.9 Å². The summed E-state index contributed by atoms with van der Waals surface area (Å²) in [7, 11) is 1.88. The monoisotopic (exact) mass is 438 g/mol. The number of fused-ring (bicyclic) bond motifs is 1. The van der Waals surface area contributed by atoms with Gasteiger partial charge in [-0.2, -0.15) is 5.26 Å². The van der Waals surface area contributed by atoms with Crippen molar-refractivity contribution in [1.29, 1.82) is 5.26 Å². The van der Waals surface area contributed by atoms with E-state index in [0.29, 0.717) is 11.4 Å². The molecule has 0 saturated carbocycles. The first kappa shape index (κ1) is 20.2. The number of hydrogen-bond acceptors (Lipinski definition) is 3. The molecule has 0 aliphatic carbocycles. The highest BCUT2D eigenvalue weighted by Crippen LogP contribution is 2.34. The molecule has 5 heteroatoms. The number of hydrogen-bond donors (Lipinski definition) is 0. The van der Waals surface area contributed by atoms with E-state index in [1.54, 1.807) is 0 Å². The van der Waals surface area contributed by atoms with Crippen molar-refractivity contribution in [3.05, 3.63) is 64.3 Å². The molecule has 144 valence electrons. The average Bonchev–Trinajstić information content (AvgIpc) is 2.97. The third kappa shape index (κ3) is 3.98. The molecule has 2 aromatic carbocycles. The van der Waals surface area contributed by atoms with E-state index in [-0.39, 0.29) is 17.8 Å². The number of benzene rings is 2. The van der Waals surface area contributed by atoms with Crippen molar-refractivity contribution >= 4 is 32.6 Å². The van der Waals surface area contributed by atoms with E-state index >= 15 is 0 Å². The van der Waals surface area contributed by atoms with Gasteiger partial charge in [0.1, 0.15) is 18.3 Å². The Morgan fingerprint density at radius 3 is 2.57 bits per heavy atom. The van der Waals surface area contributed by atoms with Crippen LogP contribution >= 0.6 is 15.9 Å². The number of nitrogens with zero attached hydrogens (tertiary/aromatic N) is 2. The van der Waals surface area contributed by atoms with Crippen LogP contribution in [0.5, 0.6) is 5.75 Å². The number of ether oxygens (including phenoxy) is 1. The van der Waals surface area contributed by atoms with Gasteiger partial charge < -0.3 is 9.30 Å². The molecule has 0 radical (unpaired) electrons. The number of nitriles is 1. The molecule has 4 nitrogen and oxygen atoms in total. The van der Waals surface area contributed by atoms with Gasteiger partial charge in [0.05, 0.1) is 6.07 Å². The van der Waals surface area contributed by atoms with Crippen molar-refractivity contribution < 1.29 is 9.53 Å². The molecule has 28 heavy (non-hydrogen) atoms. The summed E-state index contributed by atoms with van der Waals surface area (Å²) in [5.41, 5.74) is 2.55. The third-order valence-corrected chi connectivity index (χ3v) is 5.35. The molecule has 0 fully saturated rings. The lowest BCUT2D eigenvalue weighted by Crippen LogP contribution is -2.22. The van der Waals surface area contributed by atoms with E-state index in [2.05, 4.69) is 42.8 Å². The fraction of sp³-hybridized carbons (Fsp3) is 0.304. The molecule has 0 amide bonds. The maximum atomic E-state index is 12.8. The standard InChI is InChI=1S/C23H23BrN2O2/c1-23(2,3)18-12-16(24)9-10-22(18)28-14-21(27)17(13-25)20-11-15-7-5-6-8-19(15)26(20)4/h5-12,17H,14H2,1-4H3. The second-order valence-electron chi connectivity index (χ2n) is 7.89. The van der Waals surface area contributed by atoms with E-state index in [1.165, 1.54) is 0 Å². The van der Waals surface area contributed by atoms with Crippen LogP contribution in [0.1, 0.15) is 37.9 Å². The van der Waals surface area contributed by atoms with Crippen molar-refractivity contribution in [2.24, 2.45) is 7.05 Å². The highest BCUT2D eigenvalue weighted by Gasteiger charge is 2.26. The van der Waals surface area contributed by atoms with Crippen molar-refractivity contribution in [1.82, 2.24) is 4.57 Å². The molecule has 1 heterocycles. The predicted octanol–water partition coefficient (Wildman–Crippen LogP) is 5.49. The van der Waals surface area contributed by atoms with Crippen LogP contribution in [0.4, 0.5) is 0 Å². The lowest BCUT2D eigenvalue weighted by atomic mass is 9.86. The molecule has 0 aliphatic heterocycles. The van der Waals surface area contributed by atoms with Crippen LogP contribution in [-0.4, -0.2) is 17.0 Å². The van der Waals surface area contributed by atoms with Gasteiger partial charge in [0, 0.05) is 28.3 Å². The zero-order valence-electron chi connectivity index (χ0n) is 16.5. The second-order valence-corrected chi connectivity index (χ2v) is 8.81. The lowest BCUT2D eigenvalue weighted by molar-refractivity contribution is -0.121. The van der Waals surface area contributed by atoms with Gasteiger partial charge in [0.25, 0.3) is 0 Å². The normalized spacial score (nSPS) is 12.6. The number of Topliss-reactive ketones (excluding diaryl/α,β-unsaturated/α-hetero) is 1. The molecule has 0 aliphatic rings. The summed E-state index contributed by atoms with van der Waals surface area (Å²) in [6.07, 6.45) is 0. The summed E-state index contributed by atoms with van der Waals surface area (Å²) in [6.45, 7) is 6.13. The van der Waals surface area contributed by atoms with Gasteiger partial charge in [-0.3, -0.25) is 4.79 Å². The van der Waals surface area contributed by atoms with E-state index in [1.807, 2.05) is 60.1 Å². The molecule has 1 atom stereocenters. The quantitative estimate of drug-likeness (QED) is 0.528. The summed E-state index contributed by atoms with van der Waals surface area (Å²) in [5, 5.41) is 10.7. The first-order valence-electron chi connectivity index (χ1n) is 9.12. The van der Waals surface area contributed by atoms with Crippen LogP contribution in [0.2, 0.25) is 0 Å². The molecular weight excluding hydrogens is 416 g/mol. The SMILES string of the molecule is Cn1c(C(C#N)C(=O)COc2ccc(Br)cc2C(C)(C)C)cc2ccccc21. The Morgan fingerprint density at radius 1 is 1.21 bits per heavy atom. The third-order valence-electron chi connectivity index (χ3n) is 4.86. The largest absolute Gasteiger partial charge is 0.485 e. The number of halogens is 1. The van der Waals surface area contributed by atoms with Gasteiger partial charge in [-0.05, 0) is 41.1 Å². The Kier molecular flexibility index (Phi) is 5.62. The second kappa shape index (κ2) is 7.81. The first-order chi connectivity index (χ1) is 13.2. The number of rotatable bonds is 5. The number of aromatic nitrogens is 1. The van der Waals surface area contributed by atoms with Crippen LogP contribution in [0, 0.1) is 11.3 Å². The number of carbonyl (C=O) groups excluding carboxylic acids is 1. The highest BCUT2D eigenvalue weighted by molar-refractivity contribution is 9.10. The summed E-state index contributed by atoms with van der Waals surface area (Å²) < 4.78 is 8.73. The first-order valence-corrected chi connectivity index (χ1v) is 9.91. The van der Waals surface area contributed by atoms with Crippen molar-refractivity contribution in [3.63, 3.8) is 0 Å². The zero-order valence-corrected chi connectivity index (χ0v) is 18.1. The summed E-state index contributed by atoms with van der Waals surface area (Å²) in [5.74, 6) is -0.458. The molecule has 0 spiro atoms. The number of aryl methyl sites for hydroxylation is 1. The lowest BCUT2D eigenvalue weighted by Gasteiger charge is -2.23. The van der Waals surface area contributed by atoms with E-state index in [9.17, 15) is 10.1 Å². The maximum Gasteiger partial charge on any atom is 0.193 e. The van der Waals surface area contributed by atoms with Gasteiger partial charge in [0.15, 0.2) is 5.78 Å². The van der Waals surface area contributed by atoms with Gasteiger partial charge in [0.2, 0.25) is 0 Å². The van der Waals surface area contributed by atoms with Crippen molar-refractivity contribution in [2.75, 3.05) is 6.61 Å². The fourth-order valence-corrected chi connectivity index (χ4v) is 3.70. The minimum atomic E-state index is -0.870. The number of carbonyl (C=O) groups is 1. The molecule has 0 N–H and O–H groups in total. The van der Waals surface area contributed by atoms with Crippen LogP contribution in [-0.2, 0) is 17.3 Å². The Hall–Kier alpha value is -2.58. The smallest absolute Gasteiger partial charge is 0.193 e. The summed E-state index contributed by atoms with van der Waals surface area (Å²) >= 11 is 3.49. The molecule has 1 aromatic heterocycles. The Balaban J connectivity index is 1.84. The van der Waals surface area contributed by atoms with Crippen LogP contribution in [0.15, 0.2) is 53.0 Å². The van der Waals surface area contributed by atoms with Gasteiger partial charge in [-0.1, -0.05) is 54.9 Å². The fourth-order valence-electron chi connectivity index (χ4n) is 3.34. The molecule has 3 rings (SSSR count). The summed E-state index contributed by atoms with van der Waals surface area (Å²) in [6, 6.07) is 17.7. The minimum Gasteiger partial charge on any atom is -0.485 e. The number of ketones is 1. The van der Waals surface area contributed by atoms with Crippen molar-refractivity contribution in [3.8, 4) is 11.8 Å². The molecule has 0 bridgehead atoms. The Bertz CT molecular complexity index is 1070. The zero-order chi connectivity index (χ0) is 20.5. The molecular formula is C23H23BrN2O2. The van der Waals surface area contributed by atoms with E-state index < -0.39 is 5.92 Å². The van der Waals surface area contributed by atoms with E-state index in [0.717, 1.165) is 20.9 Å². The molecule has 3 aromatic rings. The van der Waals surface area contributed by atoms with Gasteiger partial charge in [-0.15, -0.1) is 0 Å². The highest BCUT2D eigenvalue weighted by atomic mass is 79.9. The predicted molar refractivity (Wildman–Crippen MR) is 115 cm³/mol. The van der Waals surface area contributed by atoms with Crippen LogP contribution in [0.3, 0.4) is 0 Å². The Morgan fingerprint density at radius 2 is 1.93 bits per heavy atom. The topological polar surface area (TPSA) is 55.0 Å². The van der Waals surface area contributed by atoms with Gasteiger partial charge >= 0.3 is 0 Å². The average molecular weight is 439 g/mol. The number of para-hydroxylation sites is 1. The Labute approximate surface area is 173 Å². The molecule has 0 saturated heterocycles. The minimum absolute atomic E-state index is 0.132. The van der Waals surface area contributed by atoms with Crippen LogP contribution < -0.4 is 4.74 Å². The molecule has 1 unspecified atom stereocenters.